The molecule has 6 nitrogen and oxygen atoms in total. The number of hydrogen-bond donors (Lipinski definition) is 1. The summed E-state index contributed by atoms with van der Waals surface area (Å²) in [5.74, 6) is -0.486. The van der Waals surface area contributed by atoms with Crippen molar-refractivity contribution in [2.24, 2.45) is 0 Å². The lowest BCUT2D eigenvalue weighted by Crippen LogP contribution is -2.23. The third-order valence-electron chi connectivity index (χ3n) is 3.19. The van der Waals surface area contributed by atoms with Gasteiger partial charge in [0.1, 0.15) is 16.4 Å². The van der Waals surface area contributed by atoms with Crippen molar-refractivity contribution >= 4 is 15.8 Å². The van der Waals surface area contributed by atoms with Crippen LogP contribution in [0.2, 0.25) is 0 Å². The molecule has 0 heterocycles. The molecule has 0 aromatic heterocycles. The molecule has 0 fully saturated rings. The second kappa shape index (κ2) is 5.93. The molecule has 0 aliphatic carbocycles. The van der Waals surface area contributed by atoms with Gasteiger partial charge >= 0.3 is 5.97 Å². The Morgan fingerprint density at radius 2 is 1.81 bits per heavy atom. The zero-order chi connectivity index (χ0) is 16.4. The van der Waals surface area contributed by atoms with E-state index in [9.17, 15) is 13.2 Å². The van der Waals surface area contributed by atoms with Crippen LogP contribution in [0.25, 0.3) is 0 Å². The summed E-state index contributed by atoms with van der Waals surface area (Å²) < 4.78 is 34.2. The average molecular weight is 316 g/mol. The second-order valence-electron chi connectivity index (χ2n) is 5.43. The number of aliphatic carboxylic acids is 1. The summed E-state index contributed by atoms with van der Waals surface area (Å²) in [6.07, 6.45) is 0.901. The Labute approximate surface area is 124 Å². The zero-order valence-electron chi connectivity index (χ0n) is 12.8. The molecule has 0 saturated heterocycles. The van der Waals surface area contributed by atoms with Gasteiger partial charge in [-0.3, -0.25) is 4.79 Å². The molecule has 1 aromatic carbocycles. The van der Waals surface area contributed by atoms with Crippen molar-refractivity contribution in [2.75, 3.05) is 20.5 Å². The maximum atomic E-state index is 11.9. The number of ether oxygens (including phenoxy) is 2. The van der Waals surface area contributed by atoms with E-state index in [0.717, 1.165) is 6.26 Å². The first-order valence-electron chi connectivity index (χ1n) is 6.21. The zero-order valence-corrected chi connectivity index (χ0v) is 13.6. The van der Waals surface area contributed by atoms with Gasteiger partial charge in [0.2, 0.25) is 0 Å². The van der Waals surface area contributed by atoms with Gasteiger partial charge in [-0.05, 0) is 6.07 Å². The van der Waals surface area contributed by atoms with Gasteiger partial charge in [0, 0.05) is 23.3 Å². The molecule has 118 valence electrons. The van der Waals surface area contributed by atoms with Crippen LogP contribution in [0.1, 0.15) is 25.8 Å². The molecule has 0 saturated carbocycles. The molecular formula is C14H20O6S. The Kier molecular flexibility index (Phi) is 4.88. The fourth-order valence-electron chi connectivity index (χ4n) is 2.16. The first kappa shape index (κ1) is 17.3. The maximum absolute atomic E-state index is 11.9. The van der Waals surface area contributed by atoms with E-state index in [-0.39, 0.29) is 17.1 Å². The molecule has 0 amide bonds. The van der Waals surface area contributed by atoms with Crippen LogP contribution in [-0.4, -0.2) is 40.0 Å². The van der Waals surface area contributed by atoms with Gasteiger partial charge in [-0.15, -0.1) is 0 Å². The Morgan fingerprint density at radius 3 is 2.19 bits per heavy atom. The van der Waals surface area contributed by atoms with Crippen LogP contribution >= 0.6 is 0 Å². The van der Waals surface area contributed by atoms with E-state index in [2.05, 4.69) is 0 Å². The fraction of sp³-hybridized carbons (Fsp3) is 0.500. The molecule has 1 rings (SSSR count). The molecule has 0 aliphatic heterocycles. The highest BCUT2D eigenvalue weighted by Gasteiger charge is 2.31. The fourth-order valence-corrected chi connectivity index (χ4v) is 3.02. The number of carboxylic acids is 1. The van der Waals surface area contributed by atoms with E-state index in [1.807, 2.05) is 0 Å². The third-order valence-corrected chi connectivity index (χ3v) is 4.29. The number of methoxy groups -OCH3 is 2. The van der Waals surface area contributed by atoms with Crippen molar-refractivity contribution in [3.63, 3.8) is 0 Å². The van der Waals surface area contributed by atoms with Crippen LogP contribution in [0, 0.1) is 0 Å². The molecule has 0 unspecified atom stereocenters. The van der Waals surface area contributed by atoms with Crippen LogP contribution < -0.4 is 9.47 Å². The van der Waals surface area contributed by atoms with E-state index in [0.29, 0.717) is 11.3 Å². The van der Waals surface area contributed by atoms with Gasteiger partial charge in [-0.1, -0.05) is 13.8 Å². The van der Waals surface area contributed by atoms with Crippen molar-refractivity contribution in [1.29, 1.82) is 0 Å². The van der Waals surface area contributed by atoms with E-state index in [1.54, 1.807) is 19.9 Å². The normalized spacial score (nSPS) is 12.0. The van der Waals surface area contributed by atoms with Gasteiger partial charge in [-0.2, -0.15) is 0 Å². The summed E-state index contributed by atoms with van der Waals surface area (Å²) in [5, 5.41) is 9.04. The first-order valence-corrected chi connectivity index (χ1v) is 8.10. The minimum absolute atomic E-state index is 0.0159. The van der Waals surface area contributed by atoms with Gasteiger partial charge in [0.15, 0.2) is 9.84 Å². The summed E-state index contributed by atoms with van der Waals surface area (Å²) in [5.41, 5.74) is -0.335. The van der Waals surface area contributed by atoms with Crippen molar-refractivity contribution in [2.45, 2.75) is 30.6 Å². The Morgan fingerprint density at radius 1 is 1.24 bits per heavy atom. The van der Waals surface area contributed by atoms with Crippen LogP contribution in [0.5, 0.6) is 11.5 Å². The average Bonchev–Trinajstić information content (AvgIpc) is 2.34. The topological polar surface area (TPSA) is 89.9 Å². The molecule has 0 atom stereocenters. The Hall–Kier alpha value is -1.76. The predicted octanol–water partition coefficient (Wildman–Crippen LogP) is 1.86. The molecule has 0 radical (unpaired) electrons. The third kappa shape index (κ3) is 3.87. The van der Waals surface area contributed by atoms with Gasteiger partial charge in [0.05, 0.1) is 20.6 Å². The summed E-state index contributed by atoms with van der Waals surface area (Å²) in [6.45, 7) is 3.43. The van der Waals surface area contributed by atoms with Crippen LogP contribution in [0.3, 0.4) is 0 Å². The van der Waals surface area contributed by atoms with Gasteiger partial charge in [-0.25, -0.2) is 8.42 Å². The molecular weight excluding hydrogens is 296 g/mol. The van der Waals surface area contributed by atoms with E-state index >= 15 is 0 Å². The number of benzene rings is 1. The van der Waals surface area contributed by atoms with Crippen LogP contribution in [0.4, 0.5) is 0 Å². The predicted molar refractivity (Wildman–Crippen MR) is 77.9 cm³/mol. The van der Waals surface area contributed by atoms with E-state index < -0.39 is 21.2 Å². The minimum Gasteiger partial charge on any atom is -0.497 e. The highest BCUT2D eigenvalue weighted by molar-refractivity contribution is 7.90. The molecule has 0 bridgehead atoms. The number of carbonyl (C=O) groups is 1. The summed E-state index contributed by atoms with van der Waals surface area (Å²) in [6, 6.07) is 2.98. The van der Waals surface area contributed by atoms with Crippen molar-refractivity contribution < 1.29 is 27.8 Å². The highest BCUT2D eigenvalue weighted by atomic mass is 32.2. The first-order chi connectivity index (χ1) is 9.52. The van der Waals surface area contributed by atoms with Crippen LogP contribution in [-0.2, 0) is 20.0 Å². The van der Waals surface area contributed by atoms with E-state index in [1.165, 1.54) is 20.3 Å². The largest absolute Gasteiger partial charge is 0.497 e. The number of carboxylic acid groups (broad SMARTS) is 1. The lowest BCUT2D eigenvalue weighted by atomic mass is 9.81. The van der Waals surface area contributed by atoms with Crippen LogP contribution in [0.15, 0.2) is 17.0 Å². The SMILES string of the molecule is COc1cc(C(C)(C)CC(=O)O)c(OC)c(S(C)(=O)=O)c1. The highest BCUT2D eigenvalue weighted by Crippen LogP contribution is 2.41. The number of sulfone groups is 1. The van der Waals surface area contributed by atoms with Crippen molar-refractivity contribution in [1.82, 2.24) is 0 Å². The number of rotatable bonds is 6. The van der Waals surface area contributed by atoms with Crippen molar-refractivity contribution in [3.8, 4) is 11.5 Å². The molecule has 1 N–H and O–H groups in total. The maximum Gasteiger partial charge on any atom is 0.304 e. The second-order valence-corrected chi connectivity index (χ2v) is 7.42. The summed E-state index contributed by atoms with van der Waals surface area (Å²) in [7, 11) is -0.765. The summed E-state index contributed by atoms with van der Waals surface area (Å²) in [4.78, 5) is 11.0. The minimum atomic E-state index is -3.54. The molecule has 7 heteroatoms. The standard InChI is InChI=1S/C14H20O6S/c1-14(2,8-12(15)16)10-6-9(19-3)7-11(13(10)20-4)21(5,17)18/h6-7H,8H2,1-5H3,(H,15,16). The van der Waals surface area contributed by atoms with E-state index in [4.69, 9.17) is 14.6 Å². The summed E-state index contributed by atoms with van der Waals surface area (Å²) >= 11 is 0. The lowest BCUT2D eigenvalue weighted by Gasteiger charge is -2.27. The molecule has 0 aliphatic rings. The molecule has 0 spiro atoms. The molecule has 1 aromatic rings. The smallest absolute Gasteiger partial charge is 0.304 e. The quantitative estimate of drug-likeness (QED) is 0.861. The van der Waals surface area contributed by atoms with Gasteiger partial charge in [0.25, 0.3) is 0 Å². The lowest BCUT2D eigenvalue weighted by molar-refractivity contribution is -0.138. The van der Waals surface area contributed by atoms with Gasteiger partial charge < -0.3 is 14.6 Å². The van der Waals surface area contributed by atoms with Crippen molar-refractivity contribution in [3.05, 3.63) is 17.7 Å². The Bertz CT molecular complexity index is 646. The molecule has 21 heavy (non-hydrogen) atoms. The number of hydrogen-bond acceptors (Lipinski definition) is 5. The Balaban J connectivity index is 3.68. The monoisotopic (exact) mass is 316 g/mol.